The lowest BCUT2D eigenvalue weighted by Gasteiger charge is -2.16. The molecule has 33 heavy (non-hydrogen) atoms. The van der Waals surface area contributed by atoms with Crippen molar-refractivity contribution in [2.45, 2.75) is 18.4 Å². The fourth-order valence-corrected chi connectivity index (χ4v) is 4.36. The highest BCUT2D eigenvalue weighted by atomic mass is 35.5. The van der Waals surface area contributed by atoms with Gasteiger partial charge in [-0.1, -0.05) is 60.1 Å². The van der Waals surface area contributed by atoms with E-state index in [1.165, 1.54) is 0 Å². The SMILES string of the molecule is O=C(N[C@@H](Cc1nc2cc(Cl)ccc2o1)C(=O)O)OCC1c2ccccc2-c2ccccc21. The second-order valence-electron chi connectivity index (χ2n) is 7.78. The summed E-state index contributed by atoms with van der Waals surface area (Å²) in [5, 5.41) is 12.5. The number of nitrogens with one attached hydrogen (secondary N) is 1. The van der Waals surface area contributed by atoms with Gasteiger partial charge in [-0.25, -0.2) is 14.6 Å². The molecule has 7 nitrogen and oxygen atoms in total. The molecule has 2 N–H and O–H groups in total. The topological polar surface area (TPSA) is 102 Å². The molecule has 0 bridgehead atoms. The van der Waals surface area contributed by atoms with Crippen molar-refractivity contribution in [3.63, 3.8) is 0 Å². The molecule has 0 saturated heterocycles. The summed E-state index contributed by atoms with van der Waals surface area (Å²) in [5.74, 6) is -1.16. The van der Waals surface area contributed by atoms with E-state index in [0.717, 1.165) is 22.3 Å². The zero-order valence-corrected chi connectivity index (χ0v) is 18.1. The second kappa shape index (κ2) is 8.60. The maximum absolute atomic E-state index is 12.5. The van der Waals surface area contributed by atoms with Crippen LogP contribution < -0.4 is 5.32 Å². The van der Waals surface area contributed by atoms with Crippen molar-refractivity contribution in [3.8, 4) is 11.1 Å². The summed E-state index contributed by atoms with van der Waals surface area (Å²) in [7, 11) is 0. The quantitative estimate of drug-likeness (QED) is 0.417. The van der Waals surface area contributed by atoms with Crippen LogP contribution in [0.1, 0.15) is 22.9 Å². The molecule has 5 rings (SSSR count). The van der Waals surface area contributed by atoms with Gasteiger partial charge < -0.3 is 19.6 Å². The lowest BCUT2D eigenvalue weighted by molar-refractivity contribution is -0.139. The van der Waals surface area contributed by atoms with E-state index in [9.17, 15) is 14.7 Å². The summed E-state index contributed by atoms with van der Waals surface area (Å²) in [4.78, 5) is 28.5. The van der Waals surface area contributed by atoms with Crippen molar-refractivity contribution in [2.75, 3.05) is 6.61 Å². The number of benzene rings is 3. The molecule has 0 saturated carbocycles. The van der Waals surface area contributed by atoms with Crippen LogP contribution >= 0.6 is 11.6 Å². The number of hydrogen-bond acceptors (Lipinski definition) is 5. The first-order valence-electron chi connectivity index (χ1n) is 10.4. The van der Waals surface area contributed by atoms with Crippen molar-refractivity contribution in [2.24, 2.45) is 0 Å². The molecule has 0 fully saturated rings. The standard InChI is InChI=1S/C25H19ClN2O5/c26-14-9-10-22-20(11-14)27-23(33-22)12-21(24(29)30)28-25(31)32-13-19-17-7-3-1-5-15(17)16-6-2-4-8-18(16)19/h1-11,19,21H,12-13H2,(H,28,31)(H,29,30)/t21-/m0/s1. The van der Waals surface area contributed by atoms with Crippen LogP contribution in [0.2, 0.25) is 5.02 Å². The lowest BCUT2D eigenvalue weighted by atomic mass is 9.98. The van der Waals surface area contributed by atoms with Crippen molar-refractivity contribution in [3.05, 3.63) is 88.8 Å². The van der Waals surface area contributed by atoms with E-state index in [-0.39, 0.29) is 24.8 Å². The Hall–Kier alpha value is -3.84. The molecule has 1 heterocycles. The number of carboxylic acid groups (broad SMARTS) is 1. The number of carbonyl (C=O) groups is 2. The highest BCUT2D eigenvalue weighted by Crippen LogP contribution is 2.44. The molecule has 0 radical (unpaired) electrons. The first-order chi connectivity index (χ1) is 16.0. The van der Waals surface area contributed by atoms with Gasteiger partial charge in [0.05, 0.1) is 6.42 Å². The van der Waals surface area contributed by atoms with E-state index in [2.05, 4.69) is 10.3 Å². The second-order valence-corrected chi connectivity index (χ2v) is 8.22. The van der Waals surface area contributed by atoms with Crippen LogP contribution in [0, 0.1) is 0 Å². The minimum absolute atomic E-state index is 0.0909. The third-order valence-electron chi connectivity index (χ3n) is 5.71. The Kier molecular flexibility index (Phi) is 5.48. The molecule has 0 unspecified atom stereocenters. The minimum atomic E-state index is -1.26. The van der Waals surface area contributed by atoms with E-state index in [4.69, 9.17) is 20.8 Å². The van der Waals surface area contributed by atoms with Crippen LogP contribution in [0.5, 0.6) is 0 Å². The molecule has 3 aromatic carbocycles. The number of carbonyl (C=O) groups excluding carboxylic acids is 1. The number of aromatic nitrogens is 1. The Morgan fingerprint density at radius 2 is 1.73 bits per heavy atom. The number of oxazole rings is 1. The van der Waals surface area contributed by atoms with Gasteiger partial charge in [0, 0.05) is 10.9 Å². The maximum atomic E-state index is 12.5. The molecule has 8 heteroatoms. The molecular weight excluding hydrogens is 444 g/mol. The van der Waals surface area contributed by atoms with Crippen LogP contribution in [0.3, 0.4) is 0 Å². The average Bonchev–Trinajstić information content (AvgIpc) is 3.35. The number of carboxylic acids is 1. The highest BCUT2D eigenvalue weighted by Gasteiger charge is 2.30. The summed E-state index contributed by atoms with van der Waals surface area (Å²) in [6.07, 6.45) is -0.949. The first-order valence-corrected chi connectivity index (χ1v) is 10.8. The average molecular weight is 463 g/mol. The molecule has 4 aromatic rings. The smallest absolute Gasteiger partial charge is 0.407 e. The van der Waals surface area contributed by atoms with Crippen molar-refractivity contribution >= 4 is 34.8 Å². The summed E-state index contributed by atoms with van der Waals surface area (Å²) >= 11 is 5.96. The van der Waals surface area contributed by atoms with Gasteiger partial charge in [-0.3, -0.25) is 0 Å². The van der Waals surface area contributed by atoms with E-state index >= 15 is 0 Å². The molecular formula is C25H19ClN2O5. The zero-order valence-electron chi connectivity index (χ0n) is 17.3. The number of aliphatic carboxylic acids is 1. The number of nitrogens with zero attached hydrogens (tertiary/aromatic N) is 1. The summed E-state index contributed by atoms with van der Waals surface area (Å²) in [6, 6.07) is 19.6. The van der Waals surface area contributed by atoms with Crippen LogP contribution in [0.15, 0.2) is 71.1 Å². The van der Waals surface area contributed by atoms with Crippen molar-refractivity contribution in [1.29, 1.82) is 0 Å². The third kappa shape index (κ3) is 4.15. The molecule has 1 aliphatic rings. The van der Waals surface area contributed by atoms with Gasteiger partial charge in [0.25, 0.3) is 0 Å². The molecule has 166 valence electrons. The van der Waals surface area contributed by atoms with E-state index < -0.39 is 18.1 Å². The summed E-state index contributed by atoms with van der Waals surface area (Å²) in [6.45, 7) is 0.0909. The Bertz CT molecular complexity index is 1320. The van der Waals surface area contributed by atoms with E-state index in [1.807, 2.05) is 48.5 Å². The van der Waals surface area contributed by atoms with Gasteiger partial charge in [0.1, 0.15) is 18.2 Å². The van der Waals surface area contributed by atoms with E-state index in [1.54, 1.807) is 18.2 Å². The predicted molar refractivity (Wildman–Crippen MR) is 122 cm³/mol. The number of amides is 1. The lowest BCUT2D eigenvalue weighted by Crippen LogP contribution is -2.43. The van der Waals surface area contributed by atoms with Gasteiger partial charge in [-0.05, 0) is 40.5 Å². The number of alkyl carbamates (subject to hydrolysis) is 1. The Balaban J connectivity index is 1.27. The van der Waals surface area contributed by atoms with Gasteiger partial charge in [-0.2, -0.15) is 0 Å². The van der Waals surface area contributed by atoms with Gasteiger partial charge in [-0.15, -0.1) is 0 Å². The van der Waals surface area contributed by atoms with Crippen LogP contribution in [0.4, 0.5) is 4.79 Å². The first kappa shape index (κ1) is 21.0. The molecule has 0 spiro atoms. The van der Waals surface area contributed by atoms with Crippen LogP contribution in [0.25, 0.3) is 22.2 Å². The number of hydrogen-bond donors (Lipinski definition) is 2. The fourth-order valence-electron chi connectivity index (χ4n) is 4.19. The highest BCUT2D eigenvalue weighted by molar-refractivity contribution is 6.31. The molecule has 1 amide bonds. The Morgan fingerprint density at radius 3 is 2.39 bits per heavy atom. The Labute approximate surface area is 194 Å². The molecule has 1 atom stereocenters. The predicted octanol–water partition coefficient (Wildman–Crippen LogP) is 5.02. The molecule has 1 aromatic heterocycles. The fraction of sp³-hybridized carbons (Fsp3) is 0.160. The van der Waals surface area contributed by atoms with Crippen molar-refractivity contribution < 1.29 is 23.8 Å². The number of halogens is 1. The number of rotatable bonds is 6. The van der Waals surface area contributed by atoms with Gasteiger partial charge in [0.15, 0.2) is 11.5 Å². The van der Waals surface area contributed by atoms with Gasteiger partial charge in [0.2, 0.25) is 0 Å². The molecule has 0 aliphatic heterocycles. The minimum Gasteiger partial charge on any atom is -0.480 e. The molecule has 1 aliphatic carbocycles. The van der Waals surface area contributed by atoms with Crippen LogP contribution in [-0.2, 0) is 16.0 Å². The van der Waals surface area contributed by atoms with Crippen LogP contribution in [-0.4, -0.2) is 34.8 Å². The third-order valence-corrected chi connectivity index (χ3v) is 5.94. The largest absolute Gasteiger partial charge is 0.480 e. The number of ether oxygens (including phenoxy) is 1. The maximum Gasteiger partial charge on any atom is 0.407 e. The zero-order chi connectivity index (χ0) is 22.9. The number of fused-ring (bicyclic) bond motifs is 4. The summed E-state index contributed by atoms with van der Waals surface area (Å²) < 4.78 is 11.0. The monoisotopic (exact) mass is 462 g/mol. The van der Waals surface area contributed by atoms with E-state index in [0.29, 0.717) is 16.1 Å². The Morgan fingerprint density at radius 1 is 1.06 bits per heavy atom. The summed E-state index contributed by atoms with van der Waals surface area (Å²) in [5.41, 5.74) is 5.38. The van der Waals surface area contributed by atoms with Crippen molar-refractivity contribution in [1.82, 2.24) is 10.3 Å². The normalized spacial score (nSPS) is 13.4. The van der Waals surface area contributed by atoms with Gasteiger partial charge >= 0.3 is 12.1 Å².